The molecule has 5 aromatic rings. The molecule has 2 saturated carbocycles. The van der Waals surface area contributed by atoms with Crippen LogP contribution in [0.3, 0.4) is 0 Å². The standard InChI is InChI=1S/C23H20F2N2O4.C17H16F2O3/c1-14(28)22-10-27-23(11-26-22)30-13-19-20(24)8-18(9-21(19)25)31-17-4-2-3-16(7-17)29-12-15-5-6-15;18-16-7-14(8-17(19)15(16)9-20)22-13-3-1-2-12(6-13)21-10-11-4-5-11/h2-4,7-11,15H,5-6,12-13H2,1H3;1-3,6-8,11,20H,4-5,9-10H2. The summed E-state index contributed by atoms with van der Waals surface area (Å²) < 4.78 is 83.8. The van der Waals surface area contributed by atoms with Gasteiger partial charge in [-0.25, -0.2) is 27.5 Å². The van der Waals surface area contributed by atoms with Crippen LogP contribution >= 0.6 is 0 Å². The van der Waals surface area contributed by atoms with Gasteiger partial charge in [-0.2, -0.15) is 0 Å². The molecule has 0 bridgehead atoms. The van der Waals surface area contributed by atoms with E-state index in [0.717, 1.165) is 24.3 Å². The third-order valence-electron chi connectivity index (χ3n) is 8.19. The van der Waals surface area contributed by atoms with Gasteiger partial charge in [-0.3, -0.25) is 4.79 Å². The molecule has 0 radical (unpaired) electrons. The summed E-state index contributed by atoms with van der Waals surface area (Å²) in [4.78, 5) is 19.0. The predicted octanol–water partition coefficient (Wildman–Crippen LogP) is 9.16. The number of nitrogens with zero attached hydrogens (tertiary/aromatic N) is 2. The molecule has 0 unspecified atom stereocenters. The fourth-order valence-corrected chi connectivity index (χ4v) is 4.81. The number of carbonyl (C=O) groups excluding carboxylic acids is 1. The summed E-state index contributed by atoms with van der Waals surface area (Å²) in [6.45, 7) is 1.61. The molecule has 2 aliphatic carbocycles. The van der Waals surface area contributed by atoms with E-state index >= 15 is 0 Å². The first kappa shape index (κ1) is 37.1. The van der Waals surface area contributed by atoms with E-state index in [2.05, 4.69) is 9.97 Å². The minimum absolute atomic E-state index is 0.0173. The third kappa shape index (κ3) is 10.9. The second kappa shape index (κ2) is 17.2. The zero-order chi connectivity index (χ0) is 37.3. The Balaban J connectivity index is 0.000000192. The lowest BCUT2D eigenvalue weighted by Gasteiger charge is -2.11. The fourth-order valence-electron chi connectivity index (χ4n) is 4.81. The number of aliphatic hydroxyl groups is 1. The number of carbonyl (C=O) groups is 1. The van der Waals surface area contributed by atoms with Gasteiger partial charge in [0.1, 0.15) is 70.1 Å². The van der Waals surface area contributed by atoms with Gasteiger partial charge in [0.15, 0.2) is 5.78 Å². The summed E-state index contributed by atoms with van der Waals surface area (Å²) in [5.74, 6) is -0.0370. The van der Waals surface area contributed by atoms with Crippen LogP contribution in [0.25, 0.3) is 0 Å². The van der Waals surface area contributed by atoms with Crippen molar-refractivity contribution < 1.29 is 51.1 Å². The van der Waals surface area contributed by atoms with Crippen molar-refractivity contribution in [2.24, 2.45) is 11.8 Å². The molecule has 9 nitrogen and oxygen atoms in total. The number of hydrogen-bond acceptors (Lipinski definition) is 9. The van der Waals surface area contributed by atoms with Crippen LogP contribution in [0.1, 0.15) is 54.2 Å². The van der Waals surface area contributed by atoms with Gasteiger partial charge in [-0.1, -0.05) is 12.1 Å². The average Bonchev–Trinajstić information content (AvgIpc) is 4.07. The van der Waals surface area contributed by atoms with Crippen molar-refractivity contribution in [1.29, 1.82) is 0 Å². The van der Waals surface area contributed by atoms with Gasteiger partial charge in [-0.15, -0.1) is 0 Å². The van der Waals surface area contributed by atoms with Crippen molar-refractivity contribution in [3.63, 3.8) is 0 Å². The van der Waals surface area contributed by atoms with Crippen LogP contribution in [-0.2, 0) is 13.2 Å². The molecule has 1 aromatic heterocycles. The topological polar surface area (TPSA) is 109 Å². The molecule has 2 fully saturated rings. The van der Waals surface area contributed by atoms with Crippen LogP contribution < -0.4 is 23.7 Å². The maximum Gasteiger partial charge on any atom is 0.232 e. The van der Waals surface area contributed by atoms with E-state index in [0.29, 0.717) is 48.0 Å². The zero-order valence-corrected chi connectivity index (χ0v) is 28.7. The van der Waals surface area contributed by atoms with E-state index in [-0.39, 0.29) is 40.0 Å². The van der Waals surface area contributed by atoms with Gasteiger partial charge in [0.2, 0.25) is 5.88 Å². The third-order valence-corrected chi connectivity index (χ3v) is 8.19. The molecule has 2 aliphatic rings. The number of halogens is 4. The summed E-state index contributed by atoms with van der Waals surface area (Å²) in [5, 5.41) is 8.89. The highest BCUT2D eigenvalue weighted by Crippen LogP contribution is 2.33. The fraction of sp³-hybridized carbons (Fsp3) is 0.275. The van der Waals surface area contributed by atoms with Crippen molar-refractivity contribution in [1.82, 2.24) is 9.97 Å². The number of ether oxygens (including phenoxy) is 5. The van der Waals surface area contributed by atoms with E-state index < -0.39 is 36.5 Å². The lowest BCUT2D eigenvalue weighted by molar-refractivity contribution is 0.101. The first-order valence-electron chi connectivity index (χ1n) is 17.0. The van der Waals surface area contributed by atoms with Crippen LogP contribution in [0.4, 0.5) is 17.6 Å². The lowest BCUT2D eigenvalue weighted by Crippen LogP contribution is -2.05. The Morgan fingerprint density at radius 3 is 1.53 bits per heavy atom. The second-order valence-corrected chi connectivity index (χ2v) is 12.6. The molecule has 0 spiro atoms. The van der Waals surface area contributed by atoms with Gasteiger partial charge in [0.05, 0.1) is 37.8 Å². The summed E-state index contributed by atoms with van der Waals surface area (Å²) in [7, 11) is 0. The summed E-state index contributed by atoms with van der Waals surface area (Å²) >= 11 is 0. The van der Waals surface area contributed by atoms with Gasteiger partial charge < -0.3 is 28.8 Å². The van der Waals surface area contributed by atoms with Crippen LogP contribution in [0, 0.1) is 35.1 Å². The molecule has 0 saturated heterocycles. The first-order valence-corrected chi connectivity index (χ1v) is 17.0. The van der Waals surface area contributed by atoms with E-state index in [9.17, 15) is 22.4 Å². The number of benzene rings is 4. The Morgan fingerprint density at radius 2 is 1.11 bits per heavy atom. The van der Waals surface area contributed by atoms with Gasteiger partial charge in [0, 0.05) is 48.9 Å². The molecule has 1 heterocycles. The molecule has 1 N–H and O–H groups in total. The summed E-state index contributed by atoms with van der Waals surface area (Å²) in [5.41, 5.74) is -0.464. The minimum atomic E-state index is -0.835. The van der Waals surface area contributed by atoms with E-state index in [1.807, 2.05) is 12.1 Å². The Bertz CT molecular complexity index is 1990. The number of Topliss-reactive ketones (excluding diaryl/α,β-unsaturated/α-hetero) is 1. The minimum Gasteiger partial charge on any atom is -0.493 e. The molecule has 0 aliphatic heterocycles. The SMILES string of the molecule is CC(=O)c1cnc(OCc2c(F)cc(Oc3cccc(OCC4CC4)c3)cc2F)cn1.OCc1c(F)cc(Oc2cccc(OCC3CC3)c2)cc1F. The average molecular weight is 733 g/mol. The lowest BCUT2D eigenvalue weighted by atomic mass is 10.2. The van der Waals surface area contributed by atoms with Crippen molar-refractivity contribution in [2.75, 3.05) is 13.2 Å². The first-order chi connectivity index (χ1) is 25.6. The maximum absolute atomic E-state index is 14.5. The Morgan fingerprint density at radius 1 is 0.642 bits per heavy atom. The van der Waals surface area contributed by atoms with Crippen molar-refractivity contribution in [3.8, 4) is 40.4 Å². The van der Waals surface area contributed by atoms with Crippen LogP contribution in [-0.4, -0.2) is 34.1 Å². The van der Waals surface area contributed by atoms with Gasteiger partial charge in [-0.05, 0) is 61.8 Å². The number of aliphatic hydroxyl groups excluding tert-OH is 1. The Hall–Kier alpha value is -5.69. The number of aromatic nitrogens is 2. The van der Waals surface area contributed by atoms with E-state index in [4.69, 9.17) is 28.8 Å². The summed E-state index contributed by atoms with van der Waals surface area (Å²) in [6, 6.07) is 18.1. The summed E-state index contributed by atoms with van der Waals surface area (Å²) in [6.07, 6.45) is 7.23. The Labute approximate surface area is 303 Å². The van der Waals surface area contributed by atoms with Gasteiger partial charge >= 0.3 is 0 Å². The molecule has 0 amide bonds. The molecule has 4 aromatic carbocycles. The second-order valence-electron chi connectivity index (χ2n) is 12.6. The molecule has 276 valence electrons. The van der Waals surface area contributed by atoms with E-state index in [1.165, 1.54) is 45.0 Å². The molecule has 0 atom stereocenters. The van der Waals surface area contributed by atoms with E-state index in [1.54, 1.807) is 36.4 Å². The largest absolute Gasteiger partial charge is 0.493 e. The van der Waals surface area contributed by atoms with Crippen LogP contribution in [0.5, 0.6) is 40.4 Å². The molecular formula is C40H36F4N2O7. The highest BCUT2D eigenvalue weighted by molar-refractivity contribution is 5.91. The highest BCUT2D eigenvalue weighted by atomic mass is 19.1. The van der Waals surface area contributed by atoms with Crippen LogP contribution in [0.15, 0.2) is 85.2 Å². The molecule has 53 heavy (non-hydrogen) atoms. The monoisotopic (exact) mass is 732 g/mol. The number of ketones is 1. The van der Waals surface area contributed by atoms with Crippen molar-refractivity contribution in [3.05, 3.63) is 125 Å². The molecule has 13 heteroatoms. The van der Waals surface area contributed by atoms with Gasteiger partial charge in [0.25, 0.3) is 0 Å². The van der Waals surface area contributed by atoms with Crippen molar-refractivity contribution in [2.45, 2.75) is 45.8 Å². The van der Waals surface area contributed by atoms with Crippen LogP contribution in [0.2, 0.25) is 0 Å². The predicted molar refractivity (Wildman–Crippen MR) is 184 cm³/mol. The molecule has 7 rings (SSSR count). The van der Waals surface area contributed by atoms with Crippen molar-refractivity contribution >= 4 is 5.78 Å². The Kier molecular flexibility index (Phi) is 12.0. The quantitative estimate of drug-likeness (QED) is 0.0833. The molecular weight excluding hydrogens is 696 g/mol. The normalized spacial score (nSPS) is 13.4. The number of rotatable bonds is 15. The maximum atomic E-state index is 14.5. The zero-order valence-electron chi connectivity index (χ0n) is 28.7. The highest BCUT2D eigenvalue weighted by Gasteiger charge is 2.23. The number of hydrogen-bond donors (Lipinski definition) is 1. The smallest absolute Gasteiger partial charge is 0.232 e.